The van der Waals surface area contributed by atoms with Crippen LogP contribution in [0, 0.1) is 0 Å². The Morgan fingerprint density at radius 1 is 1.12 bits per heavy atom. The summed E-state index contributed by atoms with van der Waals surface area (Å²) in [7, 11) is 0. The van der Waals surface area contributed by atoms with Gasteiger partial charge in [-0.2, -0.15) is 0 Å². The van der Waals surface area contributed by atoms with Crippen LogP contribution < -0.4 is 0 Å². The number of piperidine rings is 1. The largest absolute Gasteiger partial charge is 0.444 e. The van der Waals surface area contributed by atoms with Gasteiger partial charge in [0.1, 0.15) is 11.4 Å². The predicted octanol–water partition coefficient (Wildman–Crippen LogP) is 4.25. The summed E-state index contributed by atoms with van der Waals surface area (Å²) in [5.74, 6) is 1.33. The zero-order chi connectivity index (χ0) is 17.9. The molecule has 1 aliphatic carbocycles. The number of ether oxygens (including phenoxy) is 1. The molecule has 138 valence electrons. The number of rotatable bonds is 1. The fourth-order valence-corrected chi connectivity index (χ4v) is 3.69. The first kappa shape index (κ1) is 18.2. The van der Waals surface area contributed by atoms with Crippen molar-refractivity contribution in [1.82, 2.24) is 14.9 Å². The lowest BCUT2D eigenvalue weighted by molar-refractivity contribution is 0.0203. The van der Waals surface area contributed by atoms with E-state index >= 15 is 0 Å². The van der Waals surface area contributed by atoms with Crippen LogP contribution in [0.15, 0.2) is 6.20 Å². The number of hydrogen-bond acceptors (Lipinski definition) is 4. The van der Waals surface area contributed by atoms with Crippen LogP contribution in [0.2, 0.25) is 0 Å². The smallest absolute Gasteiger partial charge is 0.410 e. The summed E-state index contributed by atoms with van der Waals surface area (Å²) in [4.78, 5) is 23.6. The summed E-state index contributed by atoms with van der Waals surface area (Å²) in [6.07, 6.45) is 11.0. The number of aromatic nitrogens is 2. The number of hydrogen-bond donors (Lipinski definition) is 0. The molecule has 0 saturated carbocycles. The molecule has 3 rings (SSSR count). The molecular weight excluding hydrogens is 314 g/mol. The van der Waals surface area contributed by atoms with E-state index in [0.29, 0.717) is 5.92 Å². The van der Waals surface area contributed by atoms with Gasteiger partial charge in [0.15, 0.2) is 0 Å². The van der Waals surface area contributed by atoms with Crippen molar-refractivity contribution in [3.8, 4) is 0 Å². The van der Waals surface area contributed by atoms with Crippen LogP contribution in [0.4, 0.5) is 4.79 Å². The molecule has 0 N–H and O–H groups in total. The van der Waals surface area contributed by atoms with Crippen molar-refractivity contribution in [1.29, 1.82) is 0 Å². The summed E-state index contributed by atoms with van der Waals surface area (Å²) in [5, 5.41) is 0. The molecule has 25 heavy (non-hydrogen) atoms. The van der Waals surface area contributed by atoms with Gasteiger partial charge in [-0.05, 0) is 64.9 Å². The van der Waals surface area contributed by atoms with Crippen LogP contribution in [0.25, 0.3) is 0 Å². The SMILES string of the molecule is CC(C)(C)OC(=O)N1CCC(c2ncc3c(n2)CCCCCC3)CC1. The Balaban J connectivity index is 1.61. The number of carbonyl (C=O) groups is 1. The van der Waals surface area contributed by atoms with Crippen molar-refractivity contribution in [3.05, 3.63) is 23.3 Å². The van der Waals surface area contributed by atoms with Crippen molar-refractivity contribution < 1.29 is 9.53 Å². The Kier molecular flexibility index (Phi) is 5.60. The molecule has 1 saturated heterocycles. The first-order valence-electron chi connectivity index (χ1n) is 9.75. The van der Waals surface area contributed by atoms with Gasteiger partial charge in [-0.3, -0.25) is 0 Å². The summed E-state index contributed by atoms with van der Waals surface area (Å²) in [5.41, 5.74) is 2.17. The average Bonchev–Trinajstić information content (AvgIpc) is 2.54. The van der Waals surface area contributed by atoms with Gasteiger partial charge in [-0.25, -0.2) is 14.8 Å². The Labute approximate surface area is 151 Å². The molecule has 0 atom stereocenters. The van der Waals surface area contributed by atoms with Gasteiger partial charge in [0, 0.05) is 30.9 Å². The highest BCUT2D eigenvalue weighted by atomic mass is 16.6. The fourth-order valence-electron chi connectivity index (χ4n) is 3.69. The minimum absolute atomic E-state index is 0.204. The Bertz CT molecular complexity index is 601. The third kappa shape index (κ3) is 4.93. The standard InChI is InChI=1S/C20H31N3O2/c1-20(2,3)25-19(24)23-12-10-15(11-13-23)18-21-14-16-8-6-4-5-7-9-17(16)22-18/h14-15H,4-13H2,1-3H3. The summed E-state index contributed by atoms with van der Waals surface area (Å²) < 4.78 is 5.47. The molecule has 2 aliphatic rings. The number of nitrogens with zero attached hydrogens (tertiary/aromatic N) is 3. The van der Waals surface area contributed by atoms with Crippen LogP contribution in [0.5, 0.6) is 0 Å². The van der Waals surface area contributed by atoms with E-state index in [-0.39, 0.29) is 6.09 Å². The molecule has 5 nitrogen and oxygen atoms in total. The van der Waals surface area contributed by atoms with E-state index in [1.54, 1.807) is 0 Å². The zero-order valence-corrected chi connectivity index (χ0v) is 15.9. The minimum atomic E-state index is -0.438. The van der Waals surface area contributed by atoms with Crippen LogP contribution >= 0.6 is 0 Å². The summed E-state index contributed by atoms with van der Waals surface area (Å²) in [6.45, 7) is 7.16. The predicted molar refractivity (Wildman–Crippen MR) is 97.7 cm³/mol. The first-order chi connectivity index (χ1) is 11.9. The number of amides is 1. The third-order valence-electron chi connectivity index (χ3n) is 5.09. The molecule has 0 unspecified atom stereocenters. The lowest BCUT2D eigenvalue weighted by Gasteiger charge is -2.33. The van der Waals surface area contributed by atoms with Gasteiger partial charge in [0.2, 0.25) is 0 Å². The Morgan fingerprint density at radius 3 is 2.48 bits per heavy atom. The minimum Gasteiger partial charge on any atom is -0.444 e. The maximum Gasteiger partial charge on any atom is 0.410 e. The van der Waals surface area contributed by atoms with E-state index in [4.69, 9.17) is 9.72 Å². The van der Waals surface area contributed by atoms with Crippen molar-refractivity contribution in [2.75, 3.05) is 13.1 Å². The monoisotopic (exact) mass is 345 g/mol. The van der Waals surface area contributed by atoms with Crippen molar-refractivity contribution >= 4 is 6.09 Å². The molecular formula is C20H31N3O2. The zero-order valence-electron chi connectivity index (χ0n) is 15.9. The second kappa shape index (κ2) is 7.71. The van der Waals surface area contributed by atoms with E-state index in [0.717, 1.165) is 44.6 Å². The lowest BCUT2D eigenvalue weighted by atomic mass is 9.94. The fraction of sp³-hybridized carbons (Fsp3) is 0.750. The second-order valence-corrected chi connectivity index (χ2v) is 8.36. The van der Waals surface area contributed by atoms with Gasteiger partial charge in [-0.1, -0.05) is 12.8 Å². The van der Waals surface area contributed by atoms with Crippen molar-refractivity contribution in [2.24, 2.45) is 0 Å². The highest BCUT2D eigenvalue weighted by molar-refractivity contribution is 5.68. The van der Waals surface area contributed by atoms with Crippen molar-refractivity contribution in [2.45, 2.75) is 83.7 Å². The van der Waals surface area contributed by atoms with E-state index < -0.39 is 5.60 Å². The van der Waals surface area contributed by atoms with E-state index in [1.807, 2.05) is 25.7 Å². The van der Waals surface area contributed by atoms with Crippen LogP contribution in [-0.4, -0.2) is 39.7 Å². The first-order valence-corrected chi connectivity index (χ1v) is 9.75. The van der Waals surface area contributed by atoms with Crippen molar-refractivity contribution in [3.63, 3.8) is 0 Å². The van der Waals surface area contributed by atoms with E-state index in [2.05, 4.69) is 11.2 Å². The number of likely N-dealkylation sites (tertiary alicyclic amines) is 1. The van der Waals surface area contributed by atoms with Crippen LogP contribution in [0.3, 0.4) is 0 Å². The average molecular weight is 345 g/mol. The summed E-state index contributed by atoms with van der Waals surface area (Å²) >= 11 is 0. The normalized spacial score (nSPS) is 19.7. The molecule has 1 fully saturated rings. The number of fused-ring (bicyclic) bond motifs is 1. The van der Waals surface area contributed by atoms with Crippen LogP contribution in [0.1, 0.15) is 82.3 Å². The third-order valence-corrected chi connectivity index (χ3v) is 5.09. The molecule has 0 spiro atoms. The molecule has 5 heteroatoms. The van der Waals surface area contributed by atoms with E-state index in [9.17, 15) is 4.79 Å². The van der Waals surface area contributed by atoms with E-state index in [1.165, 1.54) is 36.9 Å². The van der Waals surface area contributed by atoms with Gasteiger partial charge in [-0.15, -0.1) is 0 Å². The topological polar surface area (TPSA) is 55.3 Å². The highest BCUT2D eigenvalue weighted by Crippen LogP contribution is 2.28. The number of carbonyl (C=O) groups excluding carboxylic acids is 1. The molecule has 0 bridgehead atoms. The quantitative estimate of drug-likeness (QED) is 0.763. The molecule has 0 radical (unpaired) electrons. The number of aryl methyl sites for hydroxylation is 2. The Morgan fingerprint density at radius 2 is 1.80 bits per heavy atom. The van der Waals surface area contributed by atoms with Gasteiger partial charge in [0.25, 0.3) is 0 Å². The summed E-state index contributed by atoms with van der Waals surface area (Å²) in [6, 6.07) is 0. The highest BCUT2D eigenvalue weighted by Gasteiger charge is 2.29. The second-order valence-electron chi connectivity index (χ2n) is 8.36. The van der Waals surface area contributed by atoms with Crippen LogP contribution in [-0.2, 0) is 17.6 Å². The Hall–Kier alpha value is -1.65. The maximum atomic E-state index is 12.2. The molecule has 1 aromatic heterocycles. The maximum absolute atomic E-state index is 12.2. The lowest BCUT2D eigenvalue weighted by Crippen LogP contribution is -2.41. The molecule has 1 amide bonds. The molecule has 1 aliphatic heterocycles. The van der Waals surface area contributed by atoms with Gasteiger partial charge in [0.05, 0.1) is 0 Å². The molecule has 0 aromatic carbocycles. The van der Waals surface area contributed by atoms with Gasteiger partial charge < -0.3 is 9.64 Å². The van der Waals surface area contributed by atoms with Gasteiger partial charge >= 0.3 is 6.09 Å². The molecule has 1 aromatic rings. The molecule has 2 heterocycles.